The third-order valence-electron chi connectivity index (χ3n) is 3.48. The van der Waals surface area contributed by atoms with Crippen molar-refractivity contribution in [3.05, 3.63) is 11.3 Å². The fraction of sp³-hybridized carbons (Fsp3) is 0.692. The summed E-state index contributed by atoms with van der Waals surface area (Å²) in [4.78, 5) is 14.0. The number of nitrogens with zero attached hydrogens (tertiary/aromatic N) is 1. The second kappa shape index (κ2) is 5.10. The Kier molecular flexibility index (Phi) is 3.71. The lowest BCUT2D eigenvalue weighted by molar-refractivity contribution is -0.136. The van der Waals surface area contributed by atoms with Crippen LogP contribution in [0.2, 0.25) is 0 Å². The molecule has 0 spiro atoms. The van der Waals surface area contributed by atoms with Crippen molar-refractivity contribution in [1.29, 1.82) is 5.41 Å². The zero-order valence-electron chi connectivity index (χ0n) is 11.0. The average molecular weight is 251 g/mol. The van der Waals surface area contributed by atoms with Crippen LogP contribution in [0.4, 0.5) is 0 Å². The van der Waals surface area contributed by atoms with Gasteiger partial charge in [-0.1, -0.05) is 0 Å². The van der Waals surface area contributed by atoms with E-state index in [2.05, 4.69) is 0 Å². The van der Waals surface area contributed by atoms with E-state index in [0.29, 0.717) is 18.8 Å². The summed E-state index contributed by atoms with van der Waals surface area (Å²) in [6.07, 6.45) is 2.57. The van der Waals surface area contributed by atoms with Crippen molar-refractivity contribution in [1.82, 2.24) is 4.90 Å². The molecule has 0 radical (unpaired) electrons. The maximum Gasteiger partial charge on any atom is 0.272 e. The molecule has 1 fully saturated rings. The summed E-state index contributed by atoms with van der Waals surface area (Å²) in [5.74, 6) is -0.211. The molecule has 0 aromatic rings. The number of morpholine rings is 1. The van der Waals surface area contributed by atoms with Crippen molar-refractivity contribution in [3.63, 3.8) is 0 Å². The fourth-order valence-corrected chi connectivity index (χ4v) is 2.68. The first-order chi connectivity index (χ1) is 8.49. The summed E-state index contributed by atoms with van der Waals surface area (Å²) in [5.41, 5.74) is 7.37. The van der Waals surface area contributed by atoms with Gasteiger partial charge in [0.15, 0.2) is 0 Å². The largest absolute Gasteiger partial charge is 0.402 e. The lowest BCUT2D eigenvalue weighted by Crippen LogP contribution is -2.50. The highest BCUT2D eigenvalue weighted by molar-refractivity contribution is 6.44. The highest BCUT2D eigenvalue weighted by Crippen LogP contribution is 2.24. The van der Waals surface area contributed by atoms with E-state index in [1.54, 1.807) is 4.90 Å². The molecule has 0 unspecified atom stereocenters. The Balaban J connectivity index is 2.07. The van der Waals surface area contributed by atoms with Crippen molar-refractivity contribution in [3.8, 4) is 0 Å². The summed E-state index contributed by atoms with van der Waals surface area (Å²) in [7, 11) is 0. The highest BCUT2D eigenvalue weighted by atomic mass is 16.5. The standard InChI is InChI=1S/C13H21N3O2/c1-8-6-16(7-9(2)18-8)13(17)12(15)10-4-3-5-11(10)14/h8-9,15H,3-7,14H2,1-2H3/t8-,9+. The second-order valence-corrected chi connectivity index (χ2v) is 5.20. The molecule has 3 N–H and O–H groups in total. The first-order valence-corrected chi connectivity index (χ1v) is 6.50. The summed E-state index contributed by atoms with van der Waals surface area (Å²) >= 11 is 0. The molecule has 2 aliphatic rings. The van der Waals surface area contributed by atoms with Gasteiger partial charge in [-0.2, -0.15) is 0 Å². The van der Waals surface area contributed by atoms with E-state index in [4.69, 9.17) is 15.9 Å². The van der Waals surface area contributed by atoms with Gasteiger partial charge < -0.3 is 15.4 Å². The molecule has 0 aromatic carbocycles. The number of hydrogen-bond acceptors (Lipinski definition) is 4. The van der Waals surface area contributed by atoms with Crippen LogP contribution in [0.25, 0.3) is 0 Å². The summed E-state index contributed by atoms with van der Waals surface area (Å²) < 4.78 is 5.59. The predicted octanol–water partition coefficient (Wildman–Crippen LogP) is 1.04. The number of allylic oxidation sites excluding steroid dienone is 1. The molecule has 0 aromatic heterocycles. The van der Waals surface area contributed by atoms with Crippen molar-refractivity contribution >= 4 is 11.6 Å². The minimum absolute atomic E-state index is 0.0282. The Morgan fingerprint density at radius 1 is 1.33 bits per heavy atom. The SMILES string of the molecule is C[C@@H]1CN(C(=O)C(=N)C2=C(N)CCC2)C[C@H](C)O1. The van der Waals surface area contributed by atoms with Crippen molar-refractivity contribution < 1.29 is 9.53 Å². The Labute approximate surface area is 107 Å². The average Bonchev–Trinajstić information content (AvgIpc) is 2.72. The Morgan fingerprint density at radius 3 is 2.44 bits per heavy atom. The maximum absolute atomic E-state index is 12.3. The molecule has 100 valence electrons. The topological polar surface area (TPSA) is 79.4 Å². The molecule has 1 saturated heterocycles. The third kappa shape index (κ3) is 2.56. The van der Waals surface area contributed by atoms with E-state index in [0.717, 1.165) is 24.8 Å². The molecule has 5 nitrogen and oxygen atoms in total. The number of nitrogens with two attached hydrogens (primary N) is 1. The lowest BCUT2D eigenvalue weighted by atomic mass is 10.1. The van der Waals surface area contributed by atoms with Gasteiger partial charge in [-0.3, -0.25) is 10.2 Å². The van der Waals surface area contributed by atoms with Crippen LogP contribution in [-0.4, -0.2) is 41.8 Å². The maximum atomic E-state index is 12.3. The van der Waals surface area contributed by atoms with Crippen LogP contribution in [0, 0.1) is 5.41 Å². The number of amides is 1. The number of rotatable bonds is 2. The zero-order valence-corrected chi connectivity index (χ0v) is 11.0. The molecule has 0 saturated carbocycles. The molecular formula is C13H21N3O2. The second-order valence-electron chi connectivity index (χ2n) is 5.20. The lowest BCUT2D eigenvalue weighted by Gasteiger charge is -2.35. The van der Waals surface area contributed by atoms with Gasteiger partial charge in [-0.15, -0.1) is 0 Å². The van der Waals surface area contributed by atoms with Gasteiger partial charge in [0.1, 0.15) is 5.71 Å². The molecule has 0 bridgehead atoms. The number of hydrogen-bond donors (Lipinski definition) is 2. The molecule has 1 heterocycles. The Bertz CT molecular complexity index is 393. The molecule has 2 rings (SSSR count). The van der Waals surface area contributed by atoms with Crippen LogP contribution in [0.15, 0.2) is 11.3 Å². The fourth-order valence-electron chi connectivity index (χ4n) is 2.68. The number of nitrogens with one attached hydrogen (secondary N) is 1. The molecule has 5 heteroatoms. The monoisotopic (exact) mass is 251 g/mol. The Hall–Kier alpha value is -1.36. The number of carbonyl (C=O) groups excluding carboxylic acids is 1. The van der Waals surface area contributed by atoms with Gasteiger partial charge in [0, 0.05) is 24.4 Å². The van der Waals surface area contributed by atoms with Crippen molar-refractivity contribution in [2.75, 3.05) is 13.1 Å². The van der Waals surface area contributed by atoms with Gasteiger partial charge in [-0.25, -0.2) is 0 Å². The first kappa shape index (κ1) is 13.1. The molecule has 1 amide bonds. The minimum Gasteiger partial charge on any atom is -0.402 e. The molecular weight excluding hydrogens is 230 g/mol. The van der Waals surface area contributed by atoms with E-state index in [1.165, 1.54) is 0 Å². The summed E-state index contributed by atoms with van der Waals surface area (Å²) in [6, 6.07) is 0. The van der Waals surface area contributed by atoms with Gasteiger partial charge >= 0.3 is 0 Å². The van der Waals surface area contributed by atoms with E-state index < -0.39 is 0 Å². The summed E-state index contributed by atoms with van der Waals surface area (Å²) in [5, 5.41) is 8.02. The molecule has 18 heavy (non-hydrogen) atoms. The van der Waals surface area contributed by atoms with Crippen LogP contribution in [0.1, 0.15) is 33.1 Å². The Morgan fingerprint density at radius 2 is 1.94 bits per heavy atom. The minimum atomic E-state index is -0.211. The van der Waals surface area contributed by atoms with E-state index in [9.17, 15) is 4.79 Å². The van der Waals surface area contributed by atoms with E-state index >= 15 is 0 Å². The van der Waals surface area contributed by atoms with Crippen molar-refractivity contribution in [2.45, 2.75) is 45.3 Å². The van der Waals surface area contributed by atoms with Crippen LogP contribution in [0.3, 0.4) is 0 Å². The van der Waals surface area contributed by atoms with Gasteiger partial charge in [0.25, 0.3) is 5.91 Å². The normalized spacial score (nSPS) is 28.7. The summed E-state index contributed by atoms with van der Waals surface area (Å²) in [6.45, 7) is 5.00. The predicted molar refractivity (Wildman–Crippen MR) is 69.4 cm³/mol. The molecule has 2 atom stereocenters. The molecule has 1 aliphatic heterocycles. The third-order valence-corrected chi connectivity index (χ3v) is 3.48. The highest BCUT2D eigenvalue weighted by Gasteiger charge is 2.30. The van der Waals surface area contributed by atoms with Crippen molar-refractivity contribution in [2.24, 2.45) is 5.73 Å². The first-order valence-electron chi connectivity index (χ1n) is 6.50. The van der Waals surface area contributed by atoms with Crippen LogP contribution < -0.4 is 5.73 Å². The van der Waals surface area contributed by atoms with Gasteiger partial charge in [0.05, 0.1) is 12.2 Å². The van der Waals surface area contributed by atoms with Crippen LogP contribution in [-0.2, 0) is 9.53 Å². The van der Waals surface area contributed by atoms with Crippen LogP contribution >= 0.6 is 0 Å². The number of ether oxygens (including phenoxy) is 1. The molecule has 1 aliphatic carbocycles. The van der Waals surface area contributed by atoms with E-state index in [1.807, 2.05) is 13.8 Å². The smallest absolute Gasteiger partial charge is 0.272 e. The van der Waals surface area contributed by atoms with E-state index in [-0.39, 0.29) is 23.8 Å². The van der Waals surface area contributed by atoms with Gasteiger partial charge in [-0.05, 0) is 33.1 Å². The number of carbonyl (C=O) groups is 1. The van der Waals surface area contributed by atoms with Gasteiger partial charge in [0.2, 0.25) is 0 Å². The quantitative estimate of drug-likeness (QED) is 0.720. The van der Waals surface area contributed by atoms with Crippen LogP contribution in [0.5, 0.6) is 0 Å². The zero-order chi connectivity index (χ0) is 13.3.